The maximum absolute atomic E-state index is 12.5. The molecule has 1 aliphatic carbocycles. The molecule has 0 aliphatic heterocycles. The Bertz CT molecular complexity index is 848. The largest absolute Gasteiger partial charge is 0.469 e. The molecule has 6 atom stereocenters. The number of methoxy groups -OCH3 is 1. The average Bonchev–Trinajstić information content (AvgIpc) is 3.16. The first-order chi connectivity index (χ1) is 17.4. The number of aliphatic hydroxyl groups excluding tert-OH is 3. The van der Waals surface area contributed by atoms with Crippen LogP contribution in [-0.4, -0.2) is 94.6 Å². The maximum Gasteiger partial charge on any atom is 0.414 e. The van der Waals surface area contributed by atoms with Crippen molar-refractivity contribution in [1.82, 2.24) is 16.0 Å². The number of rotatable bonds is 7. The fourth-order valence-corrected chi connectivity index (χ4v) is 4.03. The number of carbonyl (C=O) groups excluding carboxylic acids is 4. The molecule has 3 amide bonds. The van der Waals surface area contributed by atoms with Crippen molar-refractivity contribution in [3.05, 3.63) is 0 Å². The number of hydrogen-bond donors (Lipinski definition) is 6. The average molecular weight is 547 g/mol. The van der Waals surface area contributed by atoms with Gasteiger partial charge in [-0.1, -0.05) is 0 Å². The minimum absolute atomic E-state index is 0.0604. The molecule has 0 spiro atoms. The quantitative estimate of drug-likeness (QED) is 0.111. The lowest BCUT2D eigenvalue weighted by molar-refractivity contribution is -0.145. The van der Waals surface area contributed by atoms with Crippen LogP contribution in [0.3, 0.4) is 0 Å². The van der Waals surface area contributed by atoms with E-state index in [2.05, 4.69) is 20.9 Å². The first-order valence-electron chi connectivity index (χ1n) is 12.3. The third-order valence-corrected chi connectivity index (χ3v) is 5.43. The molecule has 0 heterocycles. The molecular formula is C24H42N4O10. The summed E-state index contributed by atoms with van der Waals surface area (Å²) in [4.78, 5) is 53.7. The molecule has 0 aromatic heterocycles. The summed E-state index contributed by atoms with van der Waals surface area (Å²) < 4.78 is 15.4. The molecule has 6 N–H and O–H groups in total. The van der Waals surface area contributed by atoms with Gasteiger partial charge in [0.1, 0.15) is 23.4 Å². The molecule has 14 nitrogen and oxygen atoms in total. The van der Waals surface area contributed by atoms with E-state index in [1.807, 2.05) is 0 Å². The highest BCUT2D eigenvalue weighted by atomic mass is 16.6. The number of carbonyl (C=O) groups is 4. The van der Waals surface area contributed by atoms with Gasteiger partial charge in [-0.2, -0.15) is 0 Å². The number of nitrogens with zero attached hydrogens (tertiary/aromatic N) is 1. The van der Waals surface area contributed by atoms with Crippen LogP contribution >= 0.6 is 0 Å². The van der Waals surface area contributed by atoms with Crippen molar-refractivity contribution >= 4 is 30.0 Å². The van der Waals surface area contributed by atoms with Crippen LogP contribution in [0.5, 0.6) is 0 Å². The van der Waals surface area contributed by atoms with E-state index in [0.29, 0.717) is 0 Å². The summed E-state index contributed by atoms with van der Waals surface area (Å²) in [7, 11) is 1.21. The van der Waals surface area contributed by atoms with Gasteiger partial charge in [0, 0.05) is 12.8 Å². The van der Waals surface area contributed by atoms with Gasteiger partial charge in [0.05, 0.1) is 31.7 Å². The monoisotopic (exact) mass is 546 g/mol. The molecule has 218 valence electrons. The Balaban J connectivity index is 3.49. The summed E-state index contributed by atoms with van der Waals surface area (Å²) in [5, 5.41) is 37.4. The topological polar surface area (TPSA) is 205 Å². The molecule has 1 fully saturated rings. The number of alkyl carbamates (subject to hydrolysis) is 2. The summed E-state index contributed by atoms with van der Waals surface area (Å²) in [5.41, 5.74) is -1.73. The van der Waals surface area contributed by atoms with Gasteiger partial charge in [-0.25, -0.2) is 14.6 Å². The van der Waals surface area contributed by atoms with Crippen molar-refractivity contribution in [2.75, 3.05) is 13.7 Å². The number of ether oxygens (including phenoxy) is 3. The van der Waals surface area contributed by atoms with E-state index in [4.69, 9.17) is 14.2 Å². The van der Waals surface area contributed by atoms with Gasteiger partial charge in [0.25, 0.3) is 0 Å². The van der Waals surface area contributed by atoms with E-state index in [9.17, 15) is 34.5 Å². The molecule has 0 bridgehead atoms. The van der Waals surface area contributed by atoms with Crippen LogP contribution in [0, 0.1) is 11.8 Å². The second-order valence-electron chi connectivity index (χ2n) is 11.1. The number of amides is 3. The highest BCUT2D eigenvalue weighted by molar-refractivity contribution is 6.01. The summed E-state index contributed by atoms with van der Waals surface area (Å²) in [6.45, 7) is 10.3. The van der Waals surface area contributed by atoms with Crippen molar-refractivity contribution in [2.45, 2.75) is 96.8 Å². The number of aliphatic hydroxyl groups is 3. The Kier molecular flexibility index (Phi) is 11.9. The Morgan fingerprint density at radius 2 is 1.45 bits per heavy atom. The SMILES string of the molecule is COC(=O)C1C[C@H](N=C(NC(=O)OC(C)(C)C)NC(=O)OC(C)(C)C)[C@H](C(NC(C)=O)C(O)C(O)CO)C1. The maximum atomic E-state index is 12.5. The minimum atomic E-state index is -1.62. The van der Waals surface area contributed by atoms with E-state index >= 15 is 0 Å². The Morgan fingerprint density at radius 3 is 1.84 bits per heavy atom. The van der Waals surface area contributed by atoms with Gasteiger partial charge in [-0.3, -0.25) is 20.2 Å². The molecule has 4 unspecified atom stereocenters. The van der Waals surface area contributed by atoms with Crippen molar-refractivity contribution in [3.63, 3.8) is 0 Å². The highest BCUT2D eigenvalue weighted by Gasteiger charge is 2.46. The number of hydrogen-bond acceptors (Lipinski definition) is 11. The molecular weight excluding hydrogens is 504 g/mol. The summed E-state index contributed by atoms with van der Waals surface area (Å²) in [6, 6.07) is -2.03. The van der Waals surface area contributed by atoms with Gasteiger partial charge in [-0.05, 0) is 54.4 Å². The second-order valence-corrected chi connectivity index (χ2v) is 11.1. The minimum Gasteiger partial charge on any atom is -0.469 e. The molecule has 1 saturated carbocycles. The Morgan fingerprint density at radius 1 is 0.947 bits per heavy atom. The van der Waals surface area contributed by atoms with Gasteiger partial charge >= 0.3 is 18.2 Å². The molecule has 38 heavy (non-hydrogen) atoms. The number of aliphatic imine (C=N–C) groups is 1. The molecule has 0 aromatic carbocycles. The predicted octanol–water partition coefficient (Wildman–Crippen LogP) is 0.178. The molecule has 0 aromatic rings. The van der Waals surface area contributed by atoms with Crippen LogP contribution in [0.25, 0.3) is 0 Å². The van der Waals surface area contributed by atoms with Crippen LogP contribution < -0.4 is 16.0 Å². The Labute approximate surface area is 222 Å². The number of guanidine groups is 1. The summed E-state index contributed by atoms with van der Waals surface area (Å²) >= 11 is 0. The van der Waals surface area contributed by atoms with Crippen molar-refractivity contribution in [1.29, 1.82) is 0 Å². The van der Waals surface area contributed by atoms with Crippen molar-refractivity contribution in [2.24, 2.45) is 16.8 Å². The number of esters is 1. The fourth-order valence-electron chi connectivity index (χ4n) is 4.03. The fraction of sp³-hybridized carbons (Fsp3) is 0.792. The molecule has 1 rings (SSSR count). The van der Waals surface area contributed by atoms with E-state index in [1.165, 1.54) is 14.0 Å². The van der Waals surface area contributed by atoms with Crippen LogP contribution in [-0.2, 0) is 23.8 Å². The van der Waals surface area contributed by atoms with Crippen molar-refractivity contribution < 1.29 is 48.7 Å². The lowest BCUT2D eigenvalue weighted by Crippen LogP contribution is -2.55. The second kappa shape index (κ2) is 13.7. The third kappa shape index (κ3) is 11.2. The van der Waals surface area contributed by atoms with Crippen LogP contribution in [0.4, 0.5) is 9.59 Å². The summed E-state index contributed by atoms with van der Waals surface area (Å²) in [5.74, 6) is -2.95. The lowest BCUT2D eigenvalue weighted by Gasteiger charge is -2.33. The first kappa shape index (κ1) is 33.1. The lowest BCUT2D eigenvalue weighted by atomic mass is 9.87. The zero-order valence-corrected chi connectivity index (χ0v) is 23.2. The van der Waals surface area contributed by atoms with Gasteiger partial charge in [0.2, 0.25) is 11.9 Å². The van der Waals surface area contributed by atoms with E-state index in [1.54, 1.807) is 41.5 Å². The molecule has 0 radical (unpaired) electrons. The van der Waals surface area contributed by atoms with E-state index < -0.39 is 78.0 Å². The predicted molar refractivity (Wildman–Crippen MR) is 135 cm³/mol. The van der Waals surface area contributed by atoms with Gasteiger partial charge in [-0.15, -0.1) is 0 Å². The standard InChI is InChI=1S/C24H42N4O10/c1-12(30)25-17(18(32)16(31)11-29)14-9-13(19(33)36-8)10-15(14)26-20(27-21(34)37-23(2,3)4)28-22(35)38-24(5,6)7/h13-18,29,31-32H,9-11H2,1-8H3,(H,25,30)(H2,26,27,28,34,35)/t13?,14-,15+,16?,17?,18?/m1/s1. The highest BCUT2D eigenvalue weighted by Crippen LogP contribution is 2.38. The zero-order chi connectivity index (χ0) is 29.4. The molecule has 14 heteroatoms. The van der Waals surface area contributed by atoms with Crippen LogP contribution in [0.15, 0.2) is 4.99 Å². The third-order valence-electron chi connectivity index (χ3n) is 5.43. The smallest absolute Gasteiger partial charge is 0.414 e. The first-order valence-corrected chi connectivity index (χ1v) is 12.3. The Hall–Kier alpha value is -2.97. The van der Waals surface area contributed by atoms with Gasteiger partial charge < -0.3 is 34.8 Å². The molecule has 1 aliphatic rings. The van der Waals surface area contributed by atoms with Crippen LogP contribution in [0.2, 0.25) is 0 Å². The zero-order valence-electron chi connectivity index (χ0n) is 23.2. The van der Waals surface area contributed by atoms with Crippen molar-refractivity contribution in [3.8, 4) is 0 Å². The number of nitrogens with one attached hydrogen (secondary N) is 3. The van der Waals surface area contributed by atoms with Gasteiger partial charge in [0.15, 0.2) is 0 Å². The van der Waals surface area contributed by atoms with Crippen LogP contribution in [0.1, 0.15) is 61.3 Å². The normalized spacial score (nSPS) is 21.8. The van der Waals surface area contributed by atoms with E-state index in [-0.39, 0.29) is 18.8 Å². The van der Waals surface area contributed by atoms with E-state index in [0.717, 1.165) is 0 Å². The molecule has 0 saturated heterocycles. The summed E-state index contributed by atoms with van der Waals surface area (Å²) in [6.07, 6.45) is -4.95.